The van der Waals surface area contributed by atoms with E-state index in [0.29, 0.717) is 37.7 Å². The Balaban J connectivity index is 0.00000364. The fourth-order valence-electron chi connectivity index (χ4n) is 3.18. The van der Waals surface area contributed by atoms with Crippen molar-refractivity contribution in [3.63, 3.8) is 0 Å². The van der Waals surface area contributed by atoms with E-state index in [-0.39, 0.29) is 24.4 Å². The first kappa shape index (κ1) is 23.5. The zero-order valence-electron chi connectivity index (χ0n) is 16.4. The van der Waals surface area contributed by atoms with Gasteiger partial charge in [-0.1, -0.05) is 19.4 Å². The first-order valence-corrected chi connectivity index (χ1v) is 9.17. The molecule has 0 spiro atoms. The van der Waals surface area contributed by atoms with Gasteiger partial charge >= 0.3 is 0 Å². The number of rotatable bonds is 9. The van der Waals surface area contributed by atoms with Gasteiger partial charge < -0.3 is 25.3 Å². The van der Waals surface area contributed by atoms with Gasteiger partial charge in [-0.25, -0.2) is 0 Å². The number of nitrogens with zero attached hydrogens (tertiary/aromatic N) is 1. The Morgan fingerprint density at radius 2 is 1.93 bits per heavy atom. The standard InChI is InChI=1S/C19H31N3O4.ClH/c1-4-5-15(20)19(23)21-13-16(22-8-10-26-11-9-22)14-6-7-17(24-2)18(12-14)25-3;/h6-7,12,15-16H,4-5,8-11,13,20H2,1-3H3,(H,21,23);1H. The third-order valence-corrected chi connectivity index (χ3v) is 4.68. The second-order valence-electron chi connectivity index (χ2n) is 6.42. The van der Waals surface area contributed by atoms with Crippen LogP contribution in [0.15, 0.2) is 18.2 Å². The lowest BCUT2D eigenvalue weighted by atomic mass is 10.0. The van der Waals surface area contributed by atoms with E-state index in [9.17, 15) is 4.79 Å². The van der Waals surface area contributed by atoms with E-state index < -0.39 is 6.04 Å². The van der Waals surface area contributed by atoms with Crippen LogP contribution in [0.25, 0.3) is 0 Å². The first-order valence-electron chi connectivity index (χ1n) is 9.17. The first-order chi connectivity index (χ1) is 12.6. The van der Waals surface area contributed by atoms with Crippen LogP contribution in [0.3, 0.4) is 0 Å². The van der Waals surface area contributed by atoms with E-state index in [1.54, 1.807) is 14.2 Å². The molecule has 3 N–H and O–H groups in total. The van der Waals surface area contributed by atoms with E-state index in [1.165, 1.54) is 0 Å². The number of morpholine rings is 1. The number of carbonyl (C=O) groups is 1. The van der Waals surface area contributed by atoms with Crippen molar-refractivity contribution in [2.75, 3.05) is 47.1 Å². The summed E-state index contributed by atoms with van der Waals surface area (Å²) in [5, 5.41) is 3.01. The lowest BCUT2D eigenvalue weighted by Gasteiger charge is -2.35. The molecule has 1 amide bonds. The summed E-state index contributed by atoms with van der Waals surface area (Å²) in [6.07, 6.45) is 1.57. The second kappa shape index (κ2) is 12.0. The summed E-state index contributed by atoms with van der Waals surface area (Å²) in [5.41, 5.74) is 7.00. The molecule has 154 valence electrons. The molecule has 2 atom stereocenters. The van der Waals surface area contributed by atoms with Crippen LogP contribution >= 0.6 is 12.4 Å². The second-order valence-corrected chi connectivity index (χ2v) is 6.42. The van der Waals surface area contributed by atoms with Gasteiger partial charge in [-0.05, 0) is 24.1 Å². The highest BCUT2D eigenvalue weighted by atomic mass is 35.5. The lowest BCUT2D eigenvalue weighted by molar-refractivity contribution is -0.122. The molecule has 27 heavy (non-hydrogen) atoms. The molecule has 0 aliphatic carbocycles. The van der Waals surface area contributed by atoms with Crippen LogP contribution in [0.5, 0.6) is 11.5 Å². The number of methoxy groups -OCH3 is 2. The van der Waals surface area contributed by atoms with Gasteiger partial charge in [0.2, 0.25) is 5.91 Å². The van der Waals surface area contributed by atoms with Gasteiger partial charge in [-0.3, -0.25) is 9.69 Å². The van der Waals surface area contributed by atoms with Crippen molar-refractivity contribution in [3.8, 4) is 11.5 Å². The third-order valence-electron chi connectivity index (χ3n) is 4.68. The zero-order valence-corrected chi connectivity index (χ0v) is 17.2. The number of amides is 1. The van der Waals surface area contributed by atoms with Crippen molar-refractivity contribution >= 4 is 18.3 Å². The van der Waals surface area contributed by atoms with Crippen LogP contribution in [0.2, 0.25) is 0 Å². The number of halogens is 1. The summed E-state index contributed by atoms with van der Waals surface area (Å²) in [6.45, 7) is 5.52. The Kier molecular flexibility index (Phi) is 10.5. The van der Waals surface area contributed by atoms with Crippen LogP contribution in [0.1, 0.15) is 31.4 Å². The summed E-state index contributed by atoms with van der Waals surface area (Å²) in [5.74, 6) is 1.26. The van der Waals surface area contributed by atoms with Crippen LogP contribution in [0, 0.1) is 0 Å². The number of carbonyl (C=O) groups excluding carboxylic acids is 1. The minimum absolute atomic E-state index is 0. The number of ether oxygens (including phenoxy) is 3. The van der Waals surface area contributed by atoms with Crippen LogP contribution in [-0.4, -0.2) is 63.9 Å². The van der Waals surface area contributed by atoms with E-state index in [4.69, 9.17) is 19.9 Å². The fourth-order valence-corrected chi connectivity index (χ4v) is 3.18. The summed E-state index contributed by atoms with van der Waals surface area (Å²) in [6, 6.07) is 5.44. The molecule has 0 radical (unpaired) electrons. The van der Waals surface area contributed by atoms with Crippen LogP contribution in [-0.2, 0) is 9.53 Å². The van der Waals surface area contributed by atoms with Crippen molar-refractivity contribution < 1.29 is 19.0 Å². The number of hydrogen-bond donors (Lipinski definition) is 2. The molecule has 8 heteroatoms. The molecule has 0 bridgehead atoms. The molecule has 1 aromatic carbocycles. The summed E-state index contributed by atoms with van der Waals surface area (Å²) in [7, 11) is 3.24. The number of hydrogen-bond acceptors (Lipinski definition) is 6. The Labute approximate surface area is 167 Å². The molecule has 1 heterocycles. The Bertz CT molecular complexity index is 582. The average molecular weight is 402 g/mol. The van der Waals surface area contributed by atoms with Crippen LogP contribution < -0.4 is 20.5 Å². The van der Waals surface area contributed by atoms with E-state index in [1.807, 2.05) is 25.1 Å². The summed E-state index contributed by atoms with van der Waals surface area (Å²) < 4.78 is 16.2. The molecule has 7 nitrogen and oxygen atoms in total. The topological polar surface area (TPSA) is 86.1 Å². The fraction of sp³-hybridized carbons (Fsp3) is 0.632. The molecule has 1 aliphatic rings. The highest BCUT2D eigenvalue weighted by Gasteiger charge is 2.25. The molecule has 0 aromatic heterocycles. The van der Waals surface area contributed by atoms with Crippen LogP contribution in [0.4, 0.5) is 0 Å². The molecule has 2 unspecified atom stereocenters. The Morgan fingerprint density at radius 3 is 2.52 bits per heavy atom. The number of nitrogens with two attached hydrogens (primary N) is 1. The van der Waals surface area contributed by atoms with E-state index in [2.05, 4.69) is 10.2 Å². The molecule has 1 saturated heterocycles. The van der Waals surface area contributed by atoms with E-state index in [0.717, 1.165) is 25.1 Å². The Hall–Kier alpha value is -1.54. The molecule has 0 saturated carbocycles. The maximum Gasteiger partial charge on any atom is 0.236 e. The molecule has 2 rings (SSSR count). The monoisotopic (exact) mass is 401 g/mol. The van der Waals surface area contributed by atoms with Gasteiger partial charge in [0.05, 0.1) is 39.5 Å². The summed E-state index contributed by atoms with van der Waals surface area (Å²) >= 11 is 0. The quantitative estimate of drug-likeness (QED) is 0.655. The minimum Gasteiger partial charge on any atom is -0.493 e. The Morgan fingerprint density at radius 1 is 1.26 bits per heavy atom. The highest BCUT2D eigenvalue weighted by molar-refractivity contribution is 5.85. The molecular weight excluding hydrogens is 370 g/mol. The van der Waals surface area contributed by atoms with Gasteiger partial charge in [0, 0.05) is 19.6 Å². The van der Waals surface area contributed by atoms with Gasteiger partial charge in [-0.2, -0.15) is 0 Å². The zero-order chi connectivity index (χ0) is 18.9. The largest absolute Gasteiger partial charge is 0.493 e. The molecule has 1 fully saturated rings. The average Bonchev–Trinajstić information content (AvgIpc) is 2.68. The van der Waals surface area contributed by atoms with Crippen molar-refractivity contribution in [2.45, 2.75) is 31.8 Å². The predicted molar refractivity (Wildman–Crippen MR) is 108 cm³/mol. The van der Waals surface area contributed by atoms with Gasteiger partial charge in [0.25, 0.3) is 0 Å². The number of benzene rings is 1. The van der Waals surface area contributed by atoms with Crippen molar-refractivity contribution in [1.82, 2.24) is 10.2 Å². The van der Waals surface area contributed by atoms with Gasteiger partial charge in [0.15, 0.2) is 11.5 Å². The molecule has 1 aliphatic heterocycles. The maximum absolute atomic E-state index is 12.3. The number of nitrogens with one attached hydrogen (secondary N) is 1. The minimum atomic E-state index is -0.462. The summed E-state index contributed by atoms with van der Waals surface area (Å²) in [4.78, 5) is 14.6. The SMILES string of the molecule is CCCC(N)C(=O)NCC(c1ccc(OC)c(OC)c1)N1CCOCC1.Cl. The predicted octanol–water partition coefficient (Wildman–Crippen LogP) is 1.74. The van der Waals surface area contributed by atoms with Gasteiger partial charge in [0.1, 0.15) is 0 Å². The van der Waals surface area contributed by atoms with Crippen molar-refractivity contribution in [1.29, 1.82) is 0 Å². The van der Waals surface area contributed by atoms with Crippen molar-refractivity contribution in [2.24, 2.45) is 5.73 Å². The smallest absolute Gasteiger partial charge is 0.236 e. The third kappa shape index (κ3) is 6.53. The van der Waals surface area contributed by atoms with E-state index >= 15 is 0 Å². The molecule has 1 aromatic rings. The highest BCUT2D eigenvalue weighted by Crippen LogP contribution is 2.32. The maximum atomic E-state index is 12.3. The molecular formula is C19H32ClN3O4. The van der Waals surface area contributed by atoms with Crippen molar-refractivity contribution in [3.05, 3.63) is 23.8 Å². The lowest BCUT2D eigenvalue weighted by Crippen LogP contribution is -2.47. The normalized spacial score (nSPS) is 16.7. The van der Waals surface area contributed by atoms with Gasteiger partial charge in [-0.15, -0.1) is 12.4 Å².